The summed E-state index contributed by atoms with van der Waals surface area (Å²) in [4.78, 5) is 3.00. The number of nitrogens with zero attached hydrogens (tertiary/aromatic N) is 1. The maximum Gasteiger partial charge on any atom is 0.0215 e. The van der Waals surface area contributed by atoms with E-state index in [2.05, 4.69) is 11.8 Å². The lowest BCUT2D eigenvalue weighted by atomic mass is 9.79. The van der Waals surface area contributed by atoms with Gasteiger partial charge in [-0.05, 0) is 45.1 Å². The normalized spacial score (nSPS) is 32.3. The maximum atomic E-state index is 3.00. The lowest BCUT2D eigenvalue weighted by Gasteiger charge is -2.50. The van der Waals surface area contributed by atoms with Gasteiger partial charge in [-0.25, -0.2) is 0 Å². The van der Waals surface area contributed by atoms with Gasteiger partial charge in [0.1, 0.15) is 0 Å². The third-order valence-electron chi connectivity index (χ3n) is 6.09. The predicted octanol–water partition coefficient (Wildman–Crippen LogP) is 4.51. The number of likely N-dealkylation sites (tertiary alicyclic amines) is 1. The summed E-state index contributed by atoms with van der Waals surface area (Å²) in [5.41, 5.74) is 1.29. The number of hydrogen-bond acceptors (Lipinski definition) is 1. The Labute approximate surface area is 107 Å². The lowest BCUT2D eigenvalue weighted by molar-refractivity contribution is -0.00255. The van der Waals surface area contributed by atoms with E-state index < -0.39 is 0 Å². The fourth-order valence-corrected chi connectivity index (χ4v) is 5.37. The molecule has 0 atom stereocenters. The van der Waals surface area contributed by atoms with Crippen molar-refractivity contribution in [3.63, 3.8) is 0 Å². The van der Waals surface area contributed by atoms with Crippen molar-refractivity contribution in [2.24, 2.45) is 0 Å². The van der Waals surface area contributed by atoms with Crippen LogP contribution >= 0.6 is 0 Å². The molecule has 0 aromatic heterocycles. The van der Waals surface area contributed by atoms with Crippen molar-refractivity contribution in [3.8, 4) is 0 Å². The van der Waals surface area contributed by atoms with E-state index in [-0.39, 0.29) is 0 Å². The second-order valence-electron chi connectivity index (χ2n) is 6.81. The summed E-state index contributed by atoms with van der Waals surface area (Å²) in [5.74, 6) is 0. The molecule has 98 valence electrons. The summed E-state index contributed by atoms with van der Waals surface area (Å²) in [6, 6.07) is 0. The molecule has 0 aromatic rings. The van der Waals surface area contributed by atoms with Crippen molar-refractivity contribution in [2.45, 2.75) is 95.1 Å². The molecule has 0 aromatic carbocycles. The molecule has 0 unspecified atom stereocenters. The first kappa shape index (κ1) is 12.0. The Kier molecular flexibility index (Phi) is 3.23. The molecule has 0 bridgehead atoms. The van der Waals surface area contributed by atoms with Gasteiger partial charge in [-0.2, -0.15) is 0 Å². The van der Waals surface area contributed by atoms with E-state index in [0.717, 1.165) is 0 Å². The Morgan fingerprint density at radius 2 is 1.06 bits per heavy atom. The molecule has 2 spiro atoms. The van der Waals surface area contributed by atoms with E-state index in [9.17, 15) is 0 Å². The topological polar surface area (TPSA) is 3.24 Å². The minimum atomic E-state index is 0.643. The first-order valence-electron chi connectivity index (χ1n) is 8.09. The summed E-state index contributed by atoms with van der Waals surface area (Å²) in [7, 11) is 0. The van der Waals surface area contributed by atoms with Crippen molar-refractivity contribution < 1.29 is 0 Å². The van der Waals surface area contributed by atoms with Gasteiger partial charge >= 0.3 is 0 Å². The smallest absolute Gasteiger partial charge is 0.0215 e. The first-order chi connectivity index (χ1) is 8.31. The van der Waals surface area contributed by atoms with Crippen molar-refractivity contribution in [2.75, 3.05) is 6.54 Å². The van der Waals surface area contributed by atoms with E-state index in [1.165, 1.54) is 83.6 Å². The van der Waals surface area contributed by atoms with Gasteiger partial charge in [-0.1, -0.05) is 45.4 Å². The van der Waals surface area contributed by atoms with Crippen LogP contribution in [0.2, 0.25) is 0 Å². The zero-order valence-corrected chi connectivity index (χ0v) is 11.6. The summed E-state index contributed by atoms with van der Waals surface area (Å²) >= 11 is 0. The Bertz CT molecular complexity index is 233. The molecule has 0 amide bonds. The molecule has 0 N–H and O–H groups in total. The van der Waals surface area contributed by atoms with Gasteiger partial charge in [-0.3, -0.25) is 4.90 Å². The molecule has 2 saturated carbocycles. The zero-order valence-electron chi connectivity index (χ0n) is 11.6. The van der Waals surface area contributed by atoms with Gasteiger partial charge in [0, 0.05) is 11.1 Å². The molecule has 1 aliphatic heterocycles. The van der Waals surface area contributed by atoms with Gasteiger partial charge in [0.2, 0.25) is 0 Å². The first-order valence-corrected chi connectivity index (χ1v) is 8.09. The molecule has 3 aliphatic rings. The van der Waals surface area contributed by atoms with E-state index in [1.54, 1.807) is 0 Å². The number of hydrogen-bond donors (Lipinski definition) is 0. The van der Waals surface area contributed by atoms with Crippen molar-refractivity contribution in [3.05, 3.63) is 0 Å². The Hall–Kier alpha value is -0.0400. The lowest BCUT2D eigenvalue weighted by Crippen LogP contribution is -2.55. The van der Waals surface area contributed by atoms with Crippen LogP contribution in [-0.4, -0.2) is 22.5 Å². The van der Waals surface area contributed by atoms with Crippen molar-refractivity contribution >= 4 is 0 Å². The van der Waals surface area contributed by atoms with Crippen LogP contribution < -0.4 is 0 Å². The zero-order chi connectivity index (χ0) is 11.8. The molecule has 3 fully saturated rings. The molecule has 2 aliphatic carbocycles. The Morgan fingerprint density at radius 3 is 1.41 bits per heavy atom. The van der Waals surface area contributed by atoms with E-state index in [4.69, 9.17) is 0 Å². The molecule has 17 heavy (non-hydrogen) atoms. The van der Waals surface area contributed by atoms with E-state index in [0.29, 0.717) is 11.1 Å². The van der Waals surface area contributed by atoms with E-state index >= 15 is 0 Å². The van der Waals surface area contributed by atoms with Crippen LogP contribution in [0.5, 0.6) is 0 Å². The molecule has 1 heteroatoms. The minimum absolute atomic E-state index is 0.643. The molecule has 0 radical (unpaired) electrons. The third kappa shape index (κ3) is 1.85. The number of rotatable bonds is 1. The Morgan fingerprint density at radius 1 is 0.647 bits per heavy atom. The van der Waals surface area contributed by atoms with Gasteiger partial charge in [0.05, 0.1) is 0 Å². The average molecular weight is 235 g/mol. The molecular formula is C16H29N. The van der Waals surface area contributed by atoms with Gasteiger partial charge < -0.3 is 0 Å². The van der Waals surface area contributed by atoms with Crippen LogP contribution in [0.15, 0.2) is 0 Å². The van der Waals surface area contributed by atoms with Crippen LogP contribution in [0.4, 0.5) is 0 Å². The highest BCUT2D eigenvalue weighted by atomic mass is 15.3. The van der Waals surface area contributed by atoms with Gasteiger partial charge in [0.25, 0.3) is 0 Å². The molecule has 1 saturated heterocycles. The summed E-state index contributed by atoms with van der Waals surface area (Å²) in [5, 5.41) is 0. The van der Waals surface area contributed by atoms with Crippen LogP contribution in [0.1, 0.15) is 84.0 Å². The standard InChI is InChI=1S/C16H29N/c1-2-17-15(9-5-3-6-10-15)13-14-16(17)11-7-4-8-12-16/h2-14H2,1H3. The van der Waals surface area contributed by atoms with Gasteiger partial charge in [-0.15, -0.1) is 0 Å². The van der Waals surface area contributed by atoms with Crippen molar-refractivity contribution in [1.82, 2.24) is 4.90 Å². The maximum absolute atomic E-state index is 3.00. The highest BCUT2D eigenvalue weighted by Gasteiger charge is 2.53. The highest BCUT2D eigenvalue weighted by Crippen LogP contribution is 2.53. The van der Waals surface area contributed by atoms with Crippen LogP contribution in [0.3, 0.4) is 0 Å². The van der Waals surface area contributed by atoms with Crippen molar-refractivity contribution in [1.29, 1.82) is 0 Å². The average Bonchev–Trinajstić information content (AvgIpc) is 2.65. The molecule has 1 heterocycles. The Balaban J connectivity index is 1.83. The summed E-state index contributed by atoms with van der Waals surface area (Å²) < 4.78 is 0. The van der Waals surface area contributed by atoms with Crippen LogP contribution in [0.25, 0.3) is 0 Å². The summed E-state index contributed by atoms with van der Waals surface area (Å²) in [6.45, 7) is 3.72. The quantitative estimate of drug-likeness (QED) is 0.646. The minimum Gasteiger partial charge on any atom is -0.292 e. The predicted molar refractivity (Wildman–Crippen MR) is 73.2 cm³/mol. The SMILES string of the molecule is CCN1C2(CCCCC2)CCC12CCCCC2. The monoisotopic (exact) mass is 235 g/mol. The summed E-state index contributed by atoms with van der Waals surface area (Å²) in [6.07, 6.45) is 18.0. The molecule has 1 nitrogen and oxygen atoms in total. The third-order valence-corrected chi connectivity index (χ3v) is 6.09. The fraction of sp³-hybridized carbons (Fsp3) is 1.00. The fourth-order valence-electron chi connectivity index (χ4n) is 5.37. The van der Waals surface area contributed by atoms with Crippen LogP contribution in [-0.2, 0) is 0 Å². The molecular weight excluding hydrogens is 206 g/mol. The molecule has 3 rings (SSSR count). The largest absolute Gasteiger partial charge is 0.292 e. The van der Waals surface area contributed by atoms with E-state index in [1.807, 2.05) is 0 Å². The highest BCUT2D eigenvalue weighted by molar-refractivity contribution is 5.09. The van der Waals surface area contributed by atoms with Crippen LogP contribution in [0, 0.1) is 0 Å². The van der Waals surface area contributed by atoms with Gasteiger partial charge in [0.15, 0.2) is 0 Å². The second kappa shape index (κ2) is 4.57. The second-order valence-corrected chi connectivity index (χ2v) is 6.81.